The molecule has 0 bridgehead atoms. The van der Waals surface area contributed by atoms with Crippen molar-refractivity contribution in [2.24, 2.45) is 5.92 Å². The maximum absolute atomic E-state index is 12.7. The Balaban J connectivity index is 2.18. The van der Waals surface area contributed by atoms with Crippen LogP contribution >= 0.6 is 12.6 Å². The van der Waals surface area contributed by atoms with Crippen molar-refractivity contribution in [3.63, 3.8) is 0 Å². The molecule has 0 aromatic rings. The van der Waals surface area contributed by atoms with E-state index in [4.69, 9.17) is 0 Å². The van der Waals surface area contributed by atoms with Gasteiger partial charge in [0, 0.05) is 18.7 Å². The highest BCUT2D eigenvalue weighted by atomic mass is 32.1. The molecule has 0 aliphatic heterocycles. The van der Waals surface area contributed by atoms with E-state index in [-0.39, 0.29) is 12.8 Å². The highest BCUT2D eigenvalue weighted by Crippen LogP contribution is 2.35. The number of halogens is 2. The van der Waals surface area contributed by atoms with Crippen LogP contribution in [0, 0.1) is 5.92 Å². The number of alkyl halides is 2. The molecule has 0 atom stereocenters. The lowest BCUT2D eigenvalue weighted by atomic mass is 9.87. The van der Waals surface area contributed by atoms with Gasteiger partial charge in [-0.1, -0.05) is 0 Å². The van der Waals surface area contributed by atoms with Crippen LogP contribution in [-0.2, 0) is 0 Å². The molecule has 12 heavy (non-hydrogen) atoms. The third-order valence-electron chi connectivity index (χ3n) is 2.38. The number of thiol groups is 1. The summed E-state index contributed by atoms with van der Waals surface area (Å²) in [5.74, 6) is -1.33. The third-order valence-corrected chi connectivity index (χ3v) is 2.61. The fraction of sp³-hybridized carbons (Fsp3) is 1.00. The average Bonchev–Trinajstić information content (AvgIpc) is 2.03. The molecule has 0 saturated heterocycles. The predicted molar refractivity (Wildman–Crippen MR) is 48.8 cm³/mol. The minimum absolute atomic E-state index is 0.0614. The number of hydrogen-bond donors (Lipinski definition) is 2. The number of nitrogens with one attached hydrogen (secondary N) is 1. The van der Waals surface area contributed by atoms with Gasteiger partial charge in [-0.3, -0.25) is 0 Å². The summed E-state index contributed by atoms with van der Waals surface area (Å²) in [5.41, 5.74) is 0. The summed E-state index contributed by atoms with van der Waals surface area (Å²) < 4.78 is 25.3. The molecular formula is C8H15F2NS. The second kappa shape index (κ2) is 4.42. The Kier molecular flexibility index (Phi) is 3.77. The molecule has 0 unspecified atom stereocenters. The van der Waals surface area contributed by atoms with Gasteiger partial charge in [0.1, 0.15) is 0 Å². The molecule has 1 nitrogen and oxygen atoms in total. The van der Waals surface area contributed by atoms with Crippen LogP contribution in [0.1, 0.15) is 25.7 Å². The molecular weight excluding hydrogens is 180 g/mol. The van der Waals surface area contributed by atoms with Gasteiger partial charge >= 0.3 is 0 Å². The summed E-state index contributed by atoms with van der Waals surface area (Å²) in [5, 5.41) is 3.06. The summed E-state index contributed by atoms with van der Waals surface area (Å²) in [6.07, 6.45) is 1.42. The smallest absolute Gasteiger partial charge is 0.248 e. The van der Waals surface area contributed by atoms with Crippen molar-refractivity contribution in [3.8, 4) is 0 Å². The quantitative estimate of drug-likeness (QED) is 0.520. The molecule has 0 amide bonds. The minimum atomic E-state index is -2.39. The zero-order valence-corrected chi connectivity index (χ0v) is 7.92. The van der Waals surface area contributed by atoms with Crippen LogP contribution in [0.4, 0.5) is 8.78 Å². The van der Waals surface area contributed by atoms with Crippen LogP contribution < -0.4 is 5.32 Å². The number of hydrogen-bond acceptors (Lipinski definition) is 2. The van der Waals surface area contributed by atoms with Gasteiger partial charge in [-0.25, -0.2) is 8.78 Å². The van der Waals surface area contributed by atoms with Crippen molar-refractivity contribution in [1.29, 1.82) is 0 Å². The molecule has 0 aromatic heterocycles. The van der Waals surface area contributed by atoms with Gasteiger partial charge in [-0.2, -0.15) is 12.6 Å². The third kappa shape index (κ3) is 3.27. The fourth-order valence-electron chi connectivity index (χ4n) is 1.57. The topological polar surface area (TPSA) is 12.0 Å². The zero-order chi connectivity index (χ0) is 9.03. The molecule has 0 spiro atoms. The molecule has 0 radical (unpaired) electrons. The summed E-state index contributed by atoms with van der Waals surface area (Å²) in [7, 11) is 0. The van der Waals surface area contributed by atoms with E-state index in [0.717, 1.165) is 6.54 Å². The Bertz CT molecular complexity index is 131. The van der Waals surface area contributed by atoms with Crippen LogP contribution in [0.25, 0.3) is 0 Å². The van der Waals surface area contributed by atoms with Crippen molar-refractivity contribution in [3.05, 3.63) is 0 Å². The largest absolute Gasteiger partial charge is 0.308 e. The number of rotatable bonds is 3. The zero-order valence-electron chi connectivity index (χ0n) is 7.02. The van der Waals surface area contributed by atoms with Gasteiger partial charge in [0.2, 0.25) is 5.92 Å². The molecule has 1 N–H and O–H groups in total. The van der Waals surface area contributed by atoms with Crippen molar-refractivity contribution in [2.75, 3.05) is 12.4 Å². The van der Waals surface area contributed by atoms with Crippen LogP contribution in [-0.4, -0.2) is 18.3 Å². The molecule has 4 heteroatoms. The van der Waals surface area contributed by atoms with E-state index in [9.17, 15) is 8.78 Å². The van der Waals surface area contributed by atoms with Crippen LogP contribution in [0.3, 0.4) is 0 Å². The van der Waals surface area contributed by atoms with E-state index < -0.39 is 5.92 Å². The van der Waals surface area contributed by atoms with Gasteiger partial charge in [0.25, 0.3) is 0 Å². The van der Waals surface area contributed by atoms with Crippen molar-refractivity contribution in [1.82, 2.24) is 5.32 Å². The Morgan fingerprint density at radius 1 is 1.33 bits per heavy atom. The standard InChI is InChI=1S/C8H15F2NS/c9-8(10)3-1-7(2-4-8)5-11-6-12/h7,11-12H,1-6H2. The van der Waals surface area contributed by atoms with Gasteiger partial charge in [-0.05, 0) is 25.3 Å². The normalized spacial score (nSPS) is 24.2. The maximum atomic E-state index is 12.7. The summed E-state index contributed by atoms with van der Waals surface area (Å²) in [6.45, 7) is 0.833. The molecule has 0 heterocycles. The first-order valence-corrected chi connectivity index (χ1v) is 4.97. The lowest BCUT2D eigenvalue weighted by molar-refractivity contribution is -0.0453. The van der Waals surface area contributed by atoms with Crippen LogP contribution in [0.15, 0.2) is 0 Å². The first-order valence-electron chi connectivity index (χ1n) is 4.33. The lowest BCUT2D eigenvalue weighted by Crippen LogP contribution is -2.30. The molecule has 1 fully saturated rings. The SMILES string of the molecule is FC1(F)CCC(CNCS)CC1. The minimum Gasteiger partial charge on any atom is -0.308 e. The first-order chi connectivity index (χ1) is 5.64. The molecule has 1 saturated carbocycles. The Morgan fingerprint density at radius 3 is 2.42 bits per heavy atom. The van der Waals surface area contributed by atoms with Gasteiger partial charge in [-0.15, -0.1) is 0 Å². The maximum Gasteiger partial charge on any atom is 0.248 e. The van der Waals surface area contributed by atoms with Crippen LogP contribution in [0.5, 0.6) is 0 Å². The fourth-order valence-corrected chi connectivity index (χ4v) is 1.70. The molecule has 1 aliphatic carbocycles. The predicted octanol–water partition coefficient (Wildman–Crippen LogP) is 2.29. The van der Waals surface area contributed by atoms with Gasteiger partial charge in [0.15, 0.2) is 0 Å². The molecule has 0 aromatic carbocycles. The summed E-state index contributed by atoms with van der Waals surface area (Å²) in [4.78, 5) is 0. The van der Waals surface area contributed by atoms with Crippen molar-refractivity contribution < 1.29 is 8.78 Å². The monoisotopic (exact) mass is 195 g/mol. The Hall–Kier alpha value is 0.170. The van der Waals surface area contributed by atoms with Gasteiger partial charge < -0.3 is 5.32 Å². The van der Waals surface area contributed by atoms with Crippen molar-refractivity contribution >= 4 is 12.6 Å². The van der Waals surface area contributed by atoms with E-state index in [2.05, 4.69) is 17.9 Å². The Morgan fingerprint density at radius 2 is 1.92 bits per heavy atom. The highest BCUT2D eigenvalue weighted by Gasteiger charge is 2.34. The Labute approximate surface area is 77.3 Å². The summed E-state index contributed by atoms with van der Waals surface area (Å²) >= 11 is 4.00. The van der Waals surface area contributed by atoms with E-state index in [1.54, 1.807) is 0 Å². The van der Waals surface area contributed by atoms with E-state index in [1.165, 1.54) is 0 Å². The first kappa shape index (κ1) is 10.3. The van der Waals surface area contributed by atoms with Crippen molar-refractivity contribution in [2.45, 2.75) is 31.6 Å². The summed E-state index contributed by atoms with van der Waals surface area (Å²) in [6, 6.07) is 0. The highest BCUT2D eigenvalue weighted by molar-refractivity contribution is 7.80. The molecule has 72 valence electrons. The van der Waals surface area contributed by atoms with E-state index in [1.807, 2.05) is 0 Å². The van der Waals surface area contributed by atoms with E-state index >= 15 is 0 Å². The second-order valence-electron chi connectivity index (χ2n) is 3.41. The lowest BCUT2D eigenvalue weighted by Gasteiger charge is -2.28. The molecule has 1 aliphatic rings. The van der Waals surface area contributed by atoms with Gasteiger partial charge in [0.05, 0.1) is 0 Å². The second-order valence-corrected chi connectivity index (χ2v) is 3.73. The van der Waals surface area contributed by atoms with E-state index in [0.29, 0.717) is 24.6 Å². The average molecular weight is 195 g/mol. The van der Waals surface area contributed by atoms with Crippen LogP contribution in [0.2, 0.25) is 0 Å². The molecule has 1 rings (SSSR count).